The Morgan fingerprint density at radius 3 is 2.18 bits per heavy atom. The Balaban J connectivity index is 0.000000801. The number of nitrogens with zero attached hydrogens (tertiary/aromatic N) is 2. The minimum absolute atomic E-state index is 0.0903. The van der Waals surface area contributed by atoms with E-state index in [2.05, 4.69) is 23.7 Å². The molecule has 2 aromatic heterocycles. The van der Waals surface area contributed by atoms with E-state index in [-0.39, 0.29) is 5.78 Å². The van der Waals surface area contributed by atoms with Gasteiger partial charge in [0.15, 0.2) is 0 Å². The number of carbonyl (C=O) groups excluding carboxylic acids is 1. The lowest BCUT2D eigenvalue weighted by atomic mass is 10.1. The van der Waals surface area contributed by atoms with E-state index < -0.39 is 11.9 Å². The number of unbranched alkanes of at least 4 members (excludes halogenated alkanes) is 3. The molecule has 0 aliphatic heterocycles. The fourth-order valence-electron chi connectivity index (χ4n) is 3.15. The highest BCUT2D eigenvalue weighted by Gasteiger charge is 2.15. The normalized spacial score (nSPS) is 10.5. The summed E-state index contributed by atoms with van der Waals surface area (Å²) in [6.07, 6.45) is 9.27. The molecule has 2 heterocycles. The van der Waals surface area contributed by atoms with Gasteiger partial charge in [-0.3, -0.25) is 4.79 Å². The number of rotatable bonds is 14. The van der Waals surface area contributed by atoms with E-state index in [4.69, 9.17) is 19.8 Å². The van der Waals surface area contributed by atoms with Gasteiger partial charge in [0.1, 0.15) is 5.03 Å². The molecule has 9 heteroatoms. The first-order chi connectivity index (χ1) is 15.9. The van der Waals surface area contributed by atoms with Crippen LogP contribution in [0, 0.1) is 0 Å². The van der Waals surface area contributed by atoms with Crippen LogP contribution in [0.5, 0.6) is 0 Å². The molecule has 0 aliphatic rings. The van der Waals surface area contributed by atoms with E-state index in [0.717, 1.165) is 21.2 Å². The number of hydrogen-bond acceptors (Lipinski definition) is 7. The second-order valence-corrected chi connectivity index (χ2v) is 9.41. The highest BCUT2D eigenvalue weighted by atomic mass is 32.2. The van der Waals surface area contributed by atoms with Crippen molar-refractivity contribution in [2.45, 2.75) is 57.4 Å². The highest BCUT2D eigenvalue weighted by molar-refractivity contribution is 7.99. The van der Waals surface area contributed by atoms with Gasteiger partial charge >= 0.3 is 11.9 Å². The van der Waals surface area contributed by atoms with Crippen molar-refractivity contribution in [3.63, 3.8) is 0 Å². The van der Waals surface area contributed by atoms with Crippen molar-refractivity contribution < 1.29 is 24.6 Å². The summed E-state index contributed by atoms with van der Waals surface area (Å²) in [7, 11) is 0. The van der Waals surface area contributed by atoms with Gasteiger partial charge in [0.25, 0.3) is 0 Å². The SMILES string of the molecule is CCCN(CCC)CCCCCCSc1ncccc1C(=O)c1cccs1.O=C(O)C(=O)O. The van der Waals surface area contributed by atoms with Gasteiger partial charge in [-0.1, -0.05) is 32.8 Å². The smallest absolute Gasteiger partial charge is 0.414 e. The minimum atomic E-state index is -1.82. The second-order valence-electron chi connectivity index (χ2n) is 7.38. The standard InChI is InChI=1S/C22H32N2OS2.C2H2O4/c1-3-14-24(15-4-2)16-7-5-6-8-17-27-22-19(11-9-13-23-22)21(25)20-12-10-18-26-20;3-1(4)2(5)6/h9-13,18H,3-8,14-17H2,1-2H3;(H,3,4)(H,5,6). The fraction of sp³-hybridized carbons (Fsp3) is 0.500. The molecule has 2 rings (SSSR count). The first-order valence-electron chi connectivity index (χ1n) is 11.2. The van der Waals surface area contributed by atoms with Crippen LogP contribution in [0.15, 0.2) is 40.9 Å². The van der Waals surface area contributed by atoms with Crippen molar-refractivity contribution in [3.8, 4) is 0 Å². The monoisotopic (exact) mass is 494 g/mol. The van der Waals surface area contributed by atoms with Gasteiger partial charge in [-0.2, -0.15) is 0 Å². The predicted octanol–water partition coefficient (Wildman–Crippen LogP) is 5.30. The van der Waals surface area contributed by atoms with Crippen LogP contribution in [0.1, 0.15) is 67.6 Å². The summed E-state index contributed by atoms with van der Waals surface area (Å²) in [6, 6.07) is 7.55. The molecule has 0 aliphatic carbocycles. The quantitative estimate of drug-likeness (QED) is 0.158. The van der Waals surface area contributed by atoms with E-state index in [0.29, 0.717) is 0 Å². The molecule has 0 saturated carbocycles. The Labute approximate surface area is 204 Å². The molecular weight excluding hydrogens is 460 g/mol. The zero-order valence-corrected chi connectivity index (χ0v) is 21.0. The van der Waals surface area contributed by atoms with Crippen LogP contribution in [-0.2, 0) is 9.59 Å². The number of thioether (sulfide) groups is 1. The summed E-state index contributed by atoms with van der Waals surface area (Å²) in [5.41, 5.74) is 0.736. The molecule has 0 spiro atoms. The molecule has 2 N–H and O–H groups in total. The molecule has 0 saturated heterocycles. The summed E-state index contributed by atoms with van der Waals surface area (Å²) >= 11 is 3.21. The molecule has 33 heavy (non-hydrogen) atoms. The Morgan fingerprint density at radius 2 is 1.61 bits per heavy atom. The van der Waals surface area contributed by atoms with Gasteiger partial charge in [0.2, 0.25) is 5.78 Å². The van der Waals surface area contributed by atoms with E-state index in [9.17, 15) is 4.79 Å². The van der Waals surface area contributed by atoms with Crippen LogP contribution in [0.4, 0.5) is 0 Å². The van der Waals surface area contributed by atoms with Gasteiger partial charge in [-0.15, -0.1) is 23.1 Å². The van der Waals surface area contributed by atoms with Crippen LogP contribution in [0.3, 0.4) is 0 Å². The lowest BCUT2D eigenvalue weighted by Gasteiger charge is -2.20. The molecule has 0 amide bonds. The Morgan fingerprint density at radius 1 is 0.939 bits per heavy atom. The van der Waals surface area contributed by atoms with Gasteiger partial charge < -0.3 is 15.1 Å². The molecule has 0 bridgehead atoms. The van der Waals surface area contributed by atoms with Gasteiger partial charge in [0.05, 0.1) is 10.4 Å². The van der Waals surface area contributed by atoms with E-state index in [1.807, 2.05) is 29.6 Å². The topological polar surface area (TPSA) is 108 Å². The van der Waals surface area contributed by atoms with Crippen molar-refractivity contribution in [3.05, 3.63) is 46.3 Å². The lowest BCUT2D eigenvalue weighted by molar-refractivity contribution is -0.159. The summed E-state index contributed by atoms with van der Waals surface area (Å²) in [5, 5.41) is 17.6. The average Bonchev–Trinajstić information content (AvgIpc) is 3.34. The third kappa shape index (κ3) is 12.0. The maximum atomic E-state index is 12.6. The Hall–Kier alpha value is -2.23. The molecule has 7 nitrogen and oxygen atoms in total. The maximum Gasteiger partial charge on any atom is 0.414 e. The lowest BCUT2D eigenvalue weighted by Crippen LogP contribution is -2.26. The number of hydrogen-bond donors (Lipinski definition) is 2. The third-order valence-corrected chi connectivity index (χ3v) is 6.59. The summed E-state index contributed by atoms with van der Waals surface area (Å²) in [4.78, 5) is 38.6. The van der Waals surface area contributed by atoms with Crippen molar-refractivity contribution in [2.24, 2.45) is 0 Å². The highest BCUT2D eigenvalue weighted by Crippen LogP contribution is 2.25. The number of thiophene rings is 1. The zero-order valence-electron chi connectivity index (χ0n) is 19.4. The molecule has 0 aromatic carbocycles. The summed E-state index contributed by atoms with van der Waals surface area (Å²) in [6.45, 7) is 8.20. The number of aromatic nitrogens is 1. The van der Waals surface area contributed by atoms with E-state index in [1.165, 1.54) is 69.5 Å². The molecule has 0 fully saturated rings. The first kappa shape index (κ1) is 28.8. The van der Waals surface area contributed by atoms with Crippen LogP contribution < -0.4 is 0 Å². The van der Waals surface area contributed by atoms with E-state index in [1.54, 1.807) is 18.0 Å². The van der Waals surface area contributed by atoms with Crippen LogP contribution >= 0.6 is 23.1 Å². The van der Waals surface area contributed by atoms with Crippen LogP contribution in [0.25, 0.3) is 0 Å². The second kappa shape index (κ2) is 17.3. The minimum Gasteiger partial charge on any atom is -0.473 e. The fourth-order valence-corrected chi connectivity index (χ4v) is 4.82. The Bertz CT molecular complexity index is 825. The number of carbonyl (C=O) groups is 3. The van der Waals surface area contributed by atoms with Gasteiger partial charge in [-0.25, -0.2) is 14.6 Å². The third-order valence-electron chi connectivity index (χ3n) is 4.63. The summed E-state index contributed by atoms with van der Waals surface area (Å²) < 4.78 is 0. The predicted molar refractivity (Wildman–Crippen MR) is 133 cm³/mol. The van der Waals surface area contributed by atoms with Crippen molar-refractivity contribution in [2.75, 3.05) is 25.4 Å². The number of ketones is 1. The molecule has 0 unspecified atom stereocenters. The Kier molecular flexibility index (Phi) is 15.1. The van der Waals surface area contributed by atoms with Crippen LogP contribution in [-0.4, -0.2) is 63.2 Å². The average molecular weight is 495 g/mol. The zero-order chi connectivity index (χ0) is 24.5. The van der Waals surface area contributed by atoms with Gasteiger partial charge in [0, 0.05) is 6.20 Å². The molecule has 2 aromatic rings. The van der Waals surface area contributed by atoms with Crippen molar-refractivity contribution >= 4 is 40.8 Å². The largest absolute Gasteiger partial charge is 0.473 e. The maximum absolute atomic E-state index is 12.6. The van der Waals surface area contributed by atoms with Gasteiger partial charge in [-0.05, 0) is 74.6 Å². The number of carboxylic acid groups (broad SMARTS) is 2. The molecule has 0 atom stereocenters. The first-order valence-corrected chi connectivity index (χ1v) is 13.1. The summed E-state index contributed by atoms with van der Waals surface area (Å²) in [5.74, 6) is -2.53. The van der Waals surface area contributed by atoms with E-state index >= 15 is 0 Å². The number of pyridine rings is 1. The molecule has 182 valence electrons. The molecule has 0 radical (unpaired) electrons. The van der Waals surface area contributed by atoms with Crippen molar-refractivity contribution in [1.82, 2.24) is 9.88 Å². The molecular formula is C24H34N2O5S2. The van der Waals surface area contributed by atoms with Crippen LogP contribution in [0.2, 0.25) is 0 Å². The number of aliphatic carboxylic acids is 2. The van der Waals surface area contributed by atoms with Crippen molar-refractivity contribution in [1.29, 1.82) is 0 Å². The number of carboxylic acids is 2.